The molecular weight excluding hydrogens is 212 g/mol. The van der Waals surface area contributed by atoms with E-state index in [1.54, 1.807) is 0 Å². The lowest BCUT2D eigenvalue weighted by Crippen LogP contribution is -2.41. The Balaban J connectivity index is 1.56. The Hall–Kier alpha value is -0.120. The number of nitrogens with zero attached hydrogens (tertiary/aromatic N) is 1. The van der Waals surface area contributed by atoms with E-state index in [-0.39, 0.29) is 0 Å². The third kappa shape index (κ3) is 3.94. The van der Waals surface area contributed by atoms with Gasteiger partial charge in [-0.25, -0.2) is 0 Å². The third-order valence-electron chi connectivity index (χ3n) is 4.40. The zero-order valence-electron chi connectivity index (χ0n) is 11.5. The maximum atomic E-state index is 5.36. The molecule has 0 bridgehead atoms. The molecule has 1 saturated heterocycles. The lowest BCUT2D eigenvalue weighted by atomic mass is 9.87. The molecule has 2 fully saturated rings. The Kier molecular flexibility index (Phi) is 4.83. The van der Waals surface area contributed by atoms with Crippen LogP contribution in [0.3, 0.4) is 0 Å². The van der Waals surface area contributed by atoms with Crippen LogP contribution in [0.5, 0.6) is 0 Å². The van der Waals surface area contributed by atoms with Gasteiger partial charge in [-0.05, 0) is 37.8 Å². The summed E-state index contributed by atoms with van der Waals surface area (Å²) in [5.74, 6) is 0. The Labute approximate surface area is 106 Å². The quantitative estimate of drug-likeness (QED) is 0.743. The van der Waals surface area contributed by atoms with Crippen molar-refractivity contribution < 1.29 is 4.74 Å². The van der Waals surface area contributed by atoms with Gasteiger partial charge in [0.15, 0.2) is 0 Å². The second-order valence-electron chi connectivity index (χ2n) is 6.20. The molecule has 1 unspecified atom stereocenters. The molecular formula is C14H28N2O. The van der Waals surface area contributed by atoms with Crippen LogP contribution in [0.2, 0.25) is 0 Å². The number of hydrogen-bond acceptors (Lipinski definition) is 3. The fourth-order valence-electron chi connectivity index (χ4n) is 3.11. The molecule has 2 aliphatic rings. The van der Waals surface area contributed by atoms with Gasteiger partial charge in [0.1, 0.15) is 0 Å². The van der Waals surface area contributed by atoms with Crippen molar-refractivity contribution in [2.45, 2.75) is 45.6 Å². The van der Waals surface area contributed by atoms with E-state index >= 15 is 0 Å². The zero-order valence-corrected chi connectivity index (χ0v) is 11.5. The van der Waals surface area contributed by atoms with E-state index in [4.69, 9.17) is 4.74 Å². The van der Waals surface area contributed by atoms with Gasteiger partial charge in [-0.15, -0.1) is 0 Å². The van der Waals surface area contributed by atoms with Crippen molar-refractivity contribution in [3.63, 3.8) is 0 Å². The van der Waals surface area contributed by atoms with Crippen LogP contribution in [0, 0.1) is 5.41 Å². The van der Waals surface area contributed by atoms with Crippen molar-refractivity contribution in [2.75, 3.05) is 39.4 Å². The summed E-state index contributed by atoms with van der Waals surface area (Å²) in [4.78, 5) is 2.52. The number of hydrogen-bond donors (Lipinski definition) is 1. The van der Waals surface area contributed by atoms with Crippen molar-refractivity contribution in [1.29, 1.82) is 0 Å². The standard InChI is InChI=1S/C14H28N2O/c1-14(2)6-3-5-13(14)15-7-4-8-16-9-11-17-12-10-16/h13,15H,3-12H2,1-2H3. The molecule has 2 rings (SSSR count). The molecule has 0 aromatic rings. The molecule has 0 amide bonds. The lowest BCUT2D eigenvalue weighted by molar-refractivity contribution is 0.0373. The molecule has 0 aromatic carbocycles. The van der Waals surface area contributed by atoms with Gasteiger partial charge in [0, 0.05) is 19.1 Å². The molecule has 1 saturated carbocycles. The second-order valence-corrected chi connectivity index (χ2v) is 6.20. The highest BCUT2D eigenvalue weighted by Gasteiger charge is 2.33. The first-order chi connectivity index (χ1) is 8.18. The van der Waals surface area contributed by atoms with E-state index in [0.717, 1.165) is 32.3 Å². The van der Waals surface area contributed by atoms with Crippen molar-refractivity contribution in [3.05, 3.63) is 0 Å². The van der Waals surface area contributed by atoms with Crippen molar-refractivity contribution >= 4 is 0 Å². The number of morpholine rings is 1. The molecule has 1 atom stereocenters. The van der Waals surface area contributed by atoms with E-state index in [9.17, 15) is 0 Å². The molecule has 0 aromatic heterocycles. The zero-order chi connectivity index (χ0) is 12.1. The number of nitrogens with one attached hydrogen (secondary N) is 1. The van der Waals surface area contributed by atoms with E-state index in [0.29, 0.717) is 5.41 Å². The second kappa shape index (κ2) is 6.17. The lowest BCUT2D eigenvalue weighted by Gasteiger charge is -2.29. The predicted octanol–water partition coefficient (Wildman–Crippen LogP) is 1.88. The summed E-state index contributed by atoms with van der Waals surface area (Å²) in [7, 11) is 0. The molecule has 100 valence electrons. The maximum absolute atomic E-state index is 5.36. The Morgan fingerprint density at radius 3 is 2.71 bits per heavy atom. The first-order valence-corrected chi connectivity index (χ1v) is 7.22. The van der Waals surface area contributed by atoms with E-state index < -0.39 is 0 Å². The van der Waals surface area contributed by atoms with Crippen LogP contribution >= 0.6 is 0 Å². The number of rotatable bonds is 5. The summed E-state index contributed by atoms with van der Waals surface area (Å²) in [5, 5.41) is 3.75. The largest absolute Gasteiger partial charge is 0.379 e. The highest BCUT2D eigenvalue weighted by molar-refractivity contribution is 4.89. The van der Waals surface area contributed by atoms with Crippen molar-refractivity contribution in [1.82, 2.24) is 10.2 Å². The van der Waals surface area contributed by atoms with Crippen LogP contribution in [0.15, 0.2) is 0 Å². The van der Waals surface area contributed by atoms with Gasteiger partial charge in [-0.2, -0.15) is 0 Å². The van der Waals surface area contributed by atoms with Crippen LogP contribution in [0.4, 0.5) is 0 Å². The van der Waals surface area contributed by atoms with Gasteiger partial charge in [0.2, 0.25) is 0 Å². The molecule has 0 spiro atoms. The van der Waals surface area contributed by atoms with Gasteiger partial charge < -0.3 is 10.1 Å². The molecule has 1 aliphatic carbocycles. The Morgan fingerprint density at radius 2 is 2.06 bits per heavy atom. The van der Waals surface area contributed by atoms with E-state index in [1.807, 2.05) is 0 Å². The first kappa shape index (κ1) is 13.3. The summed E-state index contributed by atoms with van der Waals surface area (Å²) in [6, 6.07) is 0.743. The highest BCUT2D eigenvalue weighted by Crippen LogP contribution is 2.36. The van der Waals surface area contributed by atoms with Gasteiger partial charge in [-0.3, -0.25) is 4.90 Å². The molecule has 3 heteroatoms. The molecule has 0 radical (unpaired) electrons. The van der Waals surface area contributed by atoms with E-state index in [1.165, 1.54) is 38.8 Å². The maximum Gasteiger partial charge on any atom is 0.0594 e. The minimum Gasteiger partial charge on any atom is -0.379 e. The monoisotopic (exact) mass is 240 g/mol. The summed E-state index contributed by atoms with van der Waals surface area (Å²) >= 11 is 0. The van der Waals surface area contributed by atoms with Crippen LogP contribution in [0.25, 0.3) is 0 Å². The van der Waals surface area contributed by atoms with Gasteiger partial charge in [-0.1, -0.05) is 20.3 Å². The van der Waals surface area contributed by atoms with Gasteiger partial charge in [0.05, 0.1) is 13.2 Å². The van der Waals surface area contributed by atoms with Crippen LogP contribution in [-0.2, 0) is 4.74 Å². The van der Waals surface area contributed by atoms with Crippen molar-refractivity contribution in [2.24, 2.45) is 5.41 Å². The summed E-state index contributed by atoms with van der Waals surface area (Å²) in [5.41, 5.74) is 0.513. The van der Waals surface area contributed by atoms with Crippen molar-refractivity contribution in [3.8, 4) is 0 Å². The Morgan fingerprint density at radius 1 is 1.29 bits per heavy atom. The first-order valence-electron chi connectivity index (χ1n) is 7.22. The fourth-order valence-corrected chi connectivity index (χ4v) is 3.11. The molecule has 1 heterocycles. The summed E-state index contributed by atoms with van der Waals surface area (Å²) in [6.07, 6.45) is 5.42. The molecule has 1 N–H and O–H groups in total. The van der Waals surface area contributed by atoms with Gasteiger partial charge in [0.25, 0.3) is 0 Å². The topological polar surface area (TPSA) is 24.5 Å². The average molecular weight is 240 g/mol. The highest BCUT2D eigenvalue weighted by atomic mass is 16.5. The SMILES string of the molecule is CC1(C)CCCC1NCCCN1CCOCC1. The molecule has 17 heavy (non-hydrogen) atoms. The molecule has 3 nitrogen and oxygen atoms in total. The predicted molar refractivity (Wildman–Crippen MR) is 71.3 cm³/mol. The Bertz CT molecular complexity index is 224. The van der Waals surface area contributed by atoms with Crippen LogP contribution < -0.4 is 5.32 Å². The minimum absolute atomic E-state index is 0.513. The fraction of sp³-hybridized carbons (Fsp3) is 1.00. The number of ether oxygens (including phenoxy) is 1. The minimum atomic E-state index is 0.513. The van der Waals surface area contributed by atoms with E-state index in [2.05, 4.69) is 24.1 Å². The molecule has 1 aliphatic heterocycles. The normalized spacial score (nSPS) is 29.6. The summed E-state index contributed by atoms with van der Waals surface area (Å²) in [6.45, 7) is 11.3. The smallest absolute Gasteiger partial charge is 0.0594 e. The van der Waals surface area contributed by atoms with Crippen LogP contribution in [0.1, 0.15) is 39.5 Å². The average Bonchev–Trinajstić information content (AvgIpc) is 2.66. The van der Waals surface area contributed by atoms with Gasteiger partial charge >= 0.3 is 0 Å². The summed E-state index contributed by atoms with van der Waals surface area (Å²) < 4.78 is 5.36. The third-order valence-corrected chi connectivity index (χ3v) is 4.40. The van der Waals surface area contributed by atoms with Crippen LogP contribution in [-0.4, -0.2) is 50.3 Å².